The number of rotatable bonds is 1. The predicted molar refractivity (Wildman–Crippen MR) is 57.3 cm³/mol. The van der Waals surface area contributed by atoms with Crippen LogP contribution in [0.5, 0.6) is 0 Å². The first-order valence-corrected chi connectivity index (χ1v) is 5.58. The van der Waals surface area contributed by atoms with Gasteiger partial charge in [0.15, 0.2) is 0 Å². The summed E-state index contributed by atoms with van der Waals surface area (Å²) in [4.78, 5) is 4.88. The van der Waals surface area contributed by atoms with E-state index in [0.717, 1.165) is 10.6 Å². The zero-order valence-electron chi connectivity index (χ0n) is 7.01. The number of hydrogen-bond donors (Lipinski definition) is 0. The summed E-state index contributed by atoms with van der Waals surface area (Å²) in [5.74, 6) is 0. The van der Waals surface area contributed by atoms with E-state index in [1.54, 1.807) is 11.4 Å². The van der Waals surface area contributed by atoms with E-state index < -0.39 is 9.52 Å². The maximum Gasteiger partial charge on any atom is 0.0885 e. The Morgan fingerprint density at radius 2 is 2.15 bits per heavy atom. The summed E-state index contributed by atoms with van der Waals surface area (Å²) < 4.78 is 12.1. The van der Waals surface area contributed by atoms with Crippen LogP contribution in [0.2, 0.25) is 0 Å². The minimum Gasteiger partial charge on any atom is -0.257 e. The van der Waals surface area contributed by atoms with Crippen LogP contribution in [0.15, 0.2) is 46.8 Å². The monoisotopic (exact) mass is 191 g/mol. The molecule has 0 N–H and O–H groups in total. The third-order valence-corrected chi connectivity index (χ3v) is 3.90. The van der Waals surface area contributed by atoms with Crippen LogP contribution >= 0.6 is 0 Å². The number of benzene rings is 1. The highest BCUT2D eigenvalue weighted by atomic mass is 32.2. The minimum absolute atomic E-state index is 0.787. The lowest BCUT2D eigenvalue weighted by Gasteiger charge is -1.99. The van der Waals surface area contributed by atoms with Gasteiger partial charge in [0.2, 0.25) is 0 Å². The van der Waals surface area contributed by atoms with E-state index >= 15 is 0 Å². The normalized spacial score (nSPS) is 24.0. The Kier molecular flexibility index (Phi) is 1.81. The SMILES string of the molecule is C=CC=[S@]1(=O)C=Nc2ccccc21. The highest BCUT2D eigenvalue weighted by Crippen LogP contribution is 2.29. The topological polar surface area (TPSA) is 29.4 Å². The molecule has 1 aliphatic heterocycles. The molecule has 1 aromatic carbocycles. The predicted octanol–water partition coefficient (Wildman–Crippen LogP) is 1.99. The number of para-hydroxylation sites is 1. The number of nitrogens with zero attached hydrogens (tertiary/aromatic N) is 1. The van der Waals surface area contributed by atoms with Gasteiger partial charge in [-0.3, -0.25) is 4.21 Å². The standard InChI is InChI=1S/C10H9NOS/c1-2-7-13(12)8-11-9-5-3-4-6-10(9)13/h2-8H,1H2/t13-/m0/s1. The van der Waals surface area contributed by atoms with Gasteiger partial charge >= 0.3 is 0 Å². The van der Waals surface area contributed by atoms with Crippen LogP contribution in [0.25, 0.3) is 0 Å². The Morgan fingerprint density at radius 1 is 1.38 bits per heavy atom. The molecule has 3 heteroatoms. The van der Waals surface area contributed by atoms with Crippen molar-refractivity contribution in [2.45, 2.75) is 4.90 Å². The van der Waals surface area contributed by atoms with Gasteiger partial charge in [0.05, 0.1) is 16.1 Å². The number of hydrogen-bond acceptors (Lipinski definition) is 2. The molecular formula is C10H9NOS. The largest absolute Gasteiger partial charge is 0.257 e. The van der Waals surface area contributed by atoms with Crippen LogP contribution < -0.4 is 0 Å². The summed E-state index contributed by atoms with van der Waals surface area (Å²) in [6.45, 7) is 3.55. The fraction of sp³-hybridized carbons (Fsp3) is 0. The van der Waals surface area contributed by atoms with Crippen LogP contribution in [0.3, 0.4) is 0 Å². The van der Waals surface area contributed by atoms with Crippen molar-refractivity contribution in [2.24, 2.45) is 4.99 Å². The van der Waals surface area contributed by atoms with Gasteiger partial charge in [-0.25, -0.2) is 4.99 Å². The van der Waals surface area contributed by atoms with Crippen LogP contribution in [0.4, 0.5) is 5.69 Å². The Bertz CT molecular complexity index is 493. The maximum atomic E-state index is 12.1. The number of allylic oxidation sites excluding steroid dienone is 1. The molecule has 0 spiro atoms. The summed E-state index contributed by atoms with van der Waals surface area (Å²) in [5.41, 5.74) is 2.30. The van der Waals surface area contributed by atoms with Gasteiger partial charge in [-0.1, -0.05) is 24.8 Å². The average molecular weight is 191 g/mol. The summed E-state index contributed by atoms with van der Waals surface area (Å²) in [7, 11) is -2.20. The van der Waals surface area contributed by atoms with E-state index in [1.807, 2.05) is 24.3 Å². The maximum absolute atomic E-state index is 12.1. The van der Waals surface area contributed by atoms with Crippen molar-refractivity contribution in [2.75, 3.05) is 0 Å². The fourth-order valence-corrected chi connectivity index (χ4v) is 2.90. The molecule has 0 fully saturated rings. The Hall–Kier alpha value is -1.35. The summed E-state index contributed by atoms with van der Waals surface area (Å²) in [5, 5.41) is 1.60. The molecule has 2 nitrogen and oxygen atoms in total. The van der Waals surface area contributed by atoms with E-state index in [-0.39, 0.29) is 0 Å². The van der Waals surface area contributed by atoms with Crippen LogP contribution in [-0.4, -0.2) is 15.1 Å². The highest BCUT2D eigenvalue weighted by Gasteiger charge is 2.16. The molecule has 66 valence electrons. The molecule has 0 amide bonds. The van der Waals surface area contributed by atoms with Crippen molar-refractivity contribution >= 4 is 26.1 Å². The first-order chi connectivity index (χ1) is 6.26. The van der Waals surface area contributed by atoms with Gasteiger partial charge < -0.3 is 0 Å². The van der Waals surface area contributed by atoms with Crippen molar-refractivity contribution < 1.29 is 4.21 Å². The average Bonchev–Trinajstić information content (AvgIpc) is 2.46. The molecular weight excluding hydrogens is 182 g/mol. The molecule has 0 saturated carbocycles. The van der Waals surface area contributed by atoms with Crippen molar-refractivity contribution in [3.05, 3.63) is 36.9 Å². The Balaban J connectivity index is 2.76. The molecule has 1 atom stereocenters. The second-order valence-corrected chi connectivity index (χ2v) is 4.94. The van der Waals surface area contributed by atoms with Gasteiger partial charge in [-0.05, 0) is 12.1 Å². The smallest absolute Gasteiger partial charge is 0.0885 e. The van der Waals surface area contributed by atoms with Crippen molar-refractivity contribution in [3.63, 3.8) is 0 Å². The van der Waals surface area contributed by atoms with Crippen molar-refractivity contribution in [3.8, 4) is 0 Å². The van der Waals surface area contributed by atoms with E-state index in [4.69, 9.17) is 0 Å². The minimum atomic E-state index is -2.20. The van der Waals surface area contributed by atoms with Crippen molar-refractivity contribution in [1.29, 1.82) is 0 Å². The van der Waals surface area contributed by atoms with Gasteiger partial charge in [0.25, 0.3) is 0 Å². The van der Waals surface area contributed by atoms with E-state index in [1.165, 1.54) is 5.55 Å². The second kappa shape index (κ2) is 2.85. The zero-order valence-corrected chi connectivity index (χ0v) is 7.83. The zero-order chi connectivity index (χ0) is 9.31. The molecule has 0 unspecified atom stereocenters. The van der Waals surface area contributed by atoms with Crippen molar-refractivity contribution in [1.82, 2.24) is 0 Å². The summed E-state index contributed by atoms with van der Waals surface area (Å²) >= 11 is 0. The van der Waals surface area contributed by atoms with Crippen LogP contribution in [-0.2, 0) is 9.52 Å². The molecule has 0 bridgehead atoms. The molecule has 1 aliphatic rings. The lowest BCUT2D eigenvalue weighted by atomic mass is 10.3. The number of aliphatic imine (C=N–C) groups is 1. The van der Waals surface area contributed by atoms with Gasteiger partial charge in [0.1, 0.15) is 0 Å². The van der Waals surface area contributed by atoms with E-state index in [2.05, 4.69) is 11.6 Å². The quantitative estimate of drug-likeness (QED) is 0.493. The first-order valence-electron chi connectivity index (χ1n) is 3.89. The molecule has 2 rings (SSSR count). The molecule has 1 aromatic rings. The van der Waals surface area contributed by atoms with Gasteiger partial charge in [0, 0.05) is 14.9 Å². The van der Waals surface area contributed by atoms with E-state index in [9.17, 15) is 4.21 Å². The number of fused-ring (bicyclic) bond motifs is 1. The van der Waals surface area contributed by atoms with Gasteiger partial charge in [-0.2, -0.15) is 0 Å². The Morgan fingerprint density at radius 3 is 2.92 bits per heavy atom. The molecule has 0 radical (unpaired) electrons. The summed E-state index contributed by atoms with van der Waals surface area (Å²) in [6.07, 6.45) is 1.55. The second-order valence-electron chi connectivity index (χ2n) is 2.72. The molecule has 0 aromatic heterocycles. The lowest BCUT2D eigenvalue weighted by Crippen LogP contribution is -2.00. The molecule has 13 heavy (non-hydrogen) atoms. The van der Waals surface area contributed by atoms with Crippen LogP contribution in [0.1, 0.15) is 0 Å². The van der Waals surface area contributed by atoms with Gasteiger partial charge in [-0.15, -0.1) is 0 Å². The molecule has 0 saturated heterocycles. The fourth-order valence-electron chi connectivity index (χ4n) is 1.28. The lowest BCUT2D eigenvalue weighted by molar-refractivity contribution is 0.689. The molecule has 1 heterocycles. The summed E-state index contributed by atoms with van der Waals surface area (Å²) in [6, 6.07) is 7.44. The molecule has 0 aliphatic carbocycles. The highest BCUT2D eigenvalue weighted by molar-refractivity contribution is 8.13. The third-order valence-electron chi connectivity index (χ3n) is 1.86. The van der Waals surface area contributed by atoms with E-state index in [0.29, 0.717) is 0 Å². The first kappa shape index (κ1) is 8.26. The van der Waals surface area contributed by atoms with Crippen LogP contribution in [0, 0.1) is 0 Å². The third kappa shape index (κ3) is 1.21. The Labute approximate surface area is 77.6 Å².